The number of hydrogen-bond donors (Lipinski definition) is 3. The number of carbonyl (C=O) groups excluding carboxylic acids is 1. The molecule has 0 aliphatic carbocycles. The summed E-state index contributed by atoms with van der Waals surface area (Å²) in [6, 6.07) is 7.29. The highest BCUT2D eigenvalue weighted by Gasteiger charge is 2.13. The van der Waals surface area contributed by atoms with Gasteiger partial charge in [-0.15, -0.1) is 12.4 Å². The van der Waals surface area contributed by atoms with E-state index >= 15 is 0 Å². The zero-order valence-electron chi connectivity index (χ0n) is 12.7. The van der Waals surface area contributed by atoms with Crippen LogP contribution in [0.15, 0.2) is 29.1 Å². The van der Waals surface area contributed by atoms with E-state index in [1.807, 2.05) is 24.3 Å². The second-order valence-corrected chi connectivity index (χ2v) is 5.18. The molecule has 0 bridgehead atoms. The molecule has 1 aromatic carbocycles. The molecule has 0 saturated heterocycles. The number of rotatable bonds is 7. The molecule has 2 aromatic rings. The molecule has 6 nitrogen and oxygen atoms in total. The normalized spacial score (nSPS) is 11.9. The number of amides is 1. The first-order valence-corrected chi connectivity index (χ1v) is 7.32. The molecule has 0 fully saturated rings. The molecule has 1 unspecified atom stereocenters. The Morgan fingerprint density at radius 2 is 2.14 bits per heavy atom. The quantitative estimate of drug-likeness (QED) is 0.717. The molecule has 0 aliphatic rings. The molecule has 0 radical (unpaired) electrons. The topological polar surface area (TPSA) is 92.9 Å². The molecule has 4 N–H and O–H groups in total. The van der Waals surface area contributed by atoms with Gasteiger partial charge in [0.05, 0.1) is 11.0 Å². The van der Waals surface area contributed by atoms with Gasteiger partial charge < -0.3 is 16.0 Å². The van der Waals surface area contributed by atoms with E-state index in [4.69, 9.17) is 5.73 Å². The average molecular weight is 327 g/mol. The number of hydrogen-bond acceptors (Lipinski definition) is 3. The third kappa shape index (κ3) is 4.35. The van der Waals surface area contributed by atoms with Crippen LogP contribution in [-0.2, 0) is 11.3 Å². The van der Waals surface area contributed by atoms with Gasteiger partial charge in [0.15, 0.2) is 0 Å². The first-order chi connectivity index (χ1) is 10.2. The van der Waals surface area contributed by atoms with Crippen molar-refractivity contribution in [2.24, 2.45) is 5.73 Å². The van der Waals surface area contributed by atoms with Crippen molar-refractivity contribution in [1.82, 2.24) is 14.9 Å². The van der Waals surface area contributed by atoms with Crippen molar-refractivity contribution in [2.45, 2.75) is 38.8 Å². The lowest BCUT2D eigenvalue weighted by molar-refractivity contribution is -0.122. The molecule has 122 valence electrons. The predicted molar refractivity (Wildman–Crippen MR) is 90.3 cm³/mol. The van der Waals surface area contributed by atoms with Gasteiger partial charge in [0.25, 0.3) is 0 Å². The highest BCUT2D eigenvalue weighted by atomic mass is 35.5. The van der Waals surface area contributed by atoms with Crippen LogP contribution in [0.1, 0.15) is 26.2 Å². The van der Waals surface area contributed by atoms with Crippen LogP contribution >= 0.6 is 12.4 Å². The molecular formula is C15H23ClN4O2. The average Bonchev–Trinajstić information content (AvgIpc) is 2.79. The van der Waals surface area contributed by atoms with E-state index in [2.05, 4.69) is 17.2 Å². The van der Waals surface area contributed by atoms with Crippen LogP contribution in [0.5, 0.6) is 0 Å². The van der Waals surface area contributed by atoms with Crippen molar-refractivity contribution in [3.63, 3.8) is 0 Å². The molecule has 0 spiro atoms. The number of halogens is 1. The molecular weight excluding hydrogens is 304 g/mol. The standard InChI is InChI=1S/C15H22N4O2.ClH/c1-2-3-6-11(9-16)17-14(20)10-19-13-8-5-4-7-12(13)18-15(19)21;/h4-5,7-8,11H,2-3,6,9-10,16H2,1H3,(H,17,20)(H,18,21);1H. The summed E-state index contributed by atoms with van der Waals surface area (Å²) < 4.78 is 1.44. The van der Waals surface area contributed by atoms with E-state index in [1.165, 1.54) is 4.57 Å². The van der Waals surface area contributed by atoms with Crippen LogP contribution in [-0.4, -0.2) is 28.0 Å². The Hall–Kier alpha value is -1.79. The van der Waals surface area contributed by atoms with Crippen LogP contribution in [0.25, 0.3) is 11.0 Å². The smallest absolute Gasteiger partial charge is 0.326 e. The summed E-state index contributed by atoms with van der Waals surface area (Å²) in [5.74, 6) is -0.187. The van der Waals surface area contributed by atoms with Gasteiger partial charge in [0.2, 0.25) is 5.91 Å². The number of nitrogens with one attached hydrogen (secondary N) is 2. The van der Waals surface area contributed by atoms with Gasteiger partial charge >= 0.3 is 5.69 Å². The van der Waals surface area contributed by atoms with Crippen LogP contribution < -0.4 is 16.7 Å². The lowest BCUT2D eigenvalue weighted by Crippen LogP contribution is -2.42. The van der Waals surface area contributed by atoms with E-state index in [0.717, 1.165) is 30.3 Å². The fraction of sp³-hybridized carbons (Fsp3) is 0.467. The minimum atomic E-state index is -0.274. The van der Waals surface area contributed by atoms with Crippen molar-refractivity contribution in [3.05, 3.63) is 34.7 Å². The number of aromatic nitrogens is 2. The fourth-order valence-corrected chi connectivity index (χ4v) is 2.38. The Bertz CT molecular complexity index is 665. The van der Waals surface area contributed by atoms with Crippen LogP contribution in [0.4, 0.5) is 0 Å². The van der Waals surface area contributed by atoms with Gasteiger partial charge in [-0.2, -0.15) is 0 Å². The van der Waals surface area contributed by atoms with Crippen LogP contribution in [0, 0.1) is 0 Å². The summed E-state index contributed by atoms with van der Waals surface area (Å²) in [6.45, 7) is 2.51. The first kappa shape index (κ1) is 18.3. The van der Waals surface area contributed by atoms with Gasteiger partial charge in [-0.25, -0.2) is 4.79 Å². The largest absolute Gasteiger partial charge is 0.351 e. The van der Waals surface area contributed by atoms with Crippen molar-refractivity contribution in [2.75, 3.05) is 6.54 Å². The second-order valence-electron chi connectivity index (χ2n) is 5.18. The van der Waals surface area contributed by atoms with Crippen LogP contribution in [0.2, 0.25) is 0 Å². The lowest BCUT2D eigenvalue weighted by Gasteiger charge is -2.16. The number of nitrogens with two attached hydrogens (primary N) is 1. The summed E-state index contributed by atoms with van der Waals surface area (Å²) in [6.07, 6.45) is 2.95. The second kappa shape index (κ2) is 8.60. The molecule has 22 heavy (non-hydrogen) atoms. The SMILES string of the molecule is CCCCC(CN)NC(=O)Cn1c(=O)[nH]c2ccccc21.Cl. The number of para-hydroxylation sites is 2. The van der Waals surface area contributed by atoms with Crippen molar-refractivity contribution >= 4 is 29.3 Å². The van der Waals surface area contributed by atoms with E-state index in [9.17, 15) is 9.59 Å². The maximum absolute atomic E-state index is 12.1. The number of unbranched alkanes of at least 4 members (excludes halogenated alkanes) is 1. The zero-order valence-corrected chi connectivity index (χ0v) is 13.5. The van der Waals surface area contributed by atoms with Gasteiger partial charge in [-0.1, -0.05) is 31.9 Å². The minimum absolute atomic E-state index is 0. The van der Waals surface area contributed by atoms with Crippen LogP contribution in [0.3, 0.4) is 0 Å². The molecule has 0 saturated carbocycles. The maximum atomic E-state index is 12.1. The van der Waals surface area contributed by atoms with Gasteiger partial charge in [0.1, 0.15) is 6.54 Å². The summed E-state index contributed by atoms with van der Waals surface area (Å²) in [5, 5.41) is 2.89. The summed E-state index contributed by atoms with van der Waals surface area (Å²) in [5.41, 5.74) is 6.86. The van der Waals surface area contributed by atoms with E-state index in [1.54, 1.807) is 0 Å². The molecule has 1 aromatic heterocycles. The summed E-state index contributed by atoms with van der Waals surface area (Å²) in [7, 11) is 0. The molecule has 1 amide bonds. The van der Waals surface area contributed by atoms with Gasteiger partial charge in [-0.05, 0) is 18.6 Å². The maximum Gasteiger partial charge on any atom is 0.326 e. The third-order valence-electron chi connectivity index (χ3n) is 3.54. The van der Waals surface area contributed by atoms with E-state index in [-0.39, 0.29) is 36.6 Å². The Labute approximate surface area is 135 Å². The number of imidazole rings is 1. The Kier molecular flexibility index (Phi) is 7.14. The number of carbonyl (C=O) groups is 1. The predicted octanol–water partition coefficient (Wildman–Crippen LogP) is 1.39. The molecule has 1 atom stereocenters. The van der Waals surface area contributed by atoms with E-state index < -0.39 is 0 Å². The molecule has 0 aliphatic heterocycles. The Morgan fingerprint density at radius 1 is 1.41 bits per heavy atom. The van der Waals surface area contributed by atoms with E-state index in [0.29, 0.717) is 6.54 Å². The van der Waals surface area contributed by atoms with Crippen molar-refractivity contribution < 1.29 is 4.79 Å². The number of aromatic amines is 1. The number of fused-ring (bicyclic) bond motifs is 1. The first-order valence-electron chi connectivity index (χ1n) is 7.32. The third-order valence-corrected chi connectivity index (χ3v) is 3.54. The highest BCUT2D eigenvalue weighted by molar-refractivity contribution is 5.85. The summed E-state index contributed by atoms with van der Waals surface area (Å²) in [4.78, 5) is 26.7. The zero-order chi connectivity index (χ0) is 15.2. The molecule has 2 rings (SSSR count). The number of H-pyrrole nitrogens is 1. The van der Waals surface area contributed by atoms with Gasteiger partial charge in [-0.3, -0.25) is 9.36 Å². The number of benzene rings is 1. The van der Waals surface area contributed by atoms with Gasteiger partial charge in [0, 0.05) is 12.6 Å². The highest BCUT2D eigenvalue weighted by Crippen LogP contribution is 2.08. The molecule has 1 heterocycles. The summed E-state index contributed by atoms with van der Waals surface area (Å²) >= 11 is 0. The monoisotopic (exact) mass is 326 g/mol. The van der Waals surface area contributed by atoms with Crippen molar-refractivity contribution in [3.8, 4) is 0 Å². The van der Waals surface area contributed by atoms with Crippen molar-refractivity contribution in [1.29, 1.82) is 0 Å². The molecule has 7 heteroatoms. The minimum Gasteiger partial charge on any atom is -0.351 e. The Balaban J connectivity index is 0.00000242. The lowest BCUT2D eigenvalue weighted by atomic mass is 10.1. The fourth-order valence-electron chi connectivity index (χ4n) is 2.38. The number of nitrogens with zero attached hydrogens (tertiary/aromatic N) is 1. The Morgan fingerprint density at radius 3 is 2.82 bits per heavy atom.